The van der Waals surface area contributed by atoms with Gasteiger partial charge in [-0.15, -0.1) is 0 Å². The number of amides is 1. The van der Waals surface area contributed by atoms with Crippen LogP contribution in [0.3, 0.4) is 0 Å². The van der Waals surface area contributed by atoms with Crippen LogP contribution >= 0.6 is 0 Å². The van der Waals surface area contributed by atoms with E-state index in [1.165, 1.54) is 12.1 Å². The maximum Gasteiger partial charge on any atom is 0.416 e. The van der Waals surface area contributed by atoms with Gasteiger partial charge in [-0.2, -0.15) is 13.2 Å². The largest absolute Gasteiger partial charge is 0.457 e. The molecule has 2 aromatic carbocycles. The van der Waals surface area contributed by atoms with Crippen molar-refractivity contribution in [2.24, 2.45) is 11.8 Å². The molecule has 0 saturated carbocycles. The number of hydrogen-bond acceptors (Lipinski definition) is 4. The molecule has 2 aromatic rings. The van der Waals surface area contributed by atoms with Crippen molar-refractivity contribution in [3.63, 3.8) is 0 Å². The molecule has 40 heavy (non-hydrogen) atoms. The Morgan fingerprint density at radius 2 is 1.68 bits per heavy atom. The molecule has 0 aliphatic carbocycles. The van der Waals surface area contributed by atoms with Gasteiger partial charge in [-0.05, 0) is 73.2 Å². The van der Waals surface area contributed by atoms with Gasteiger partial charge in [0, 0.05) is 41.7 Å². The third-order valence-corrected chi connectivity index (χ3v) is 7.96. The minimum atomic E-state index is -4.40. The summed E-state index contributed by atoms with van der Waals surface area (Å²) in [6, 6.07) is 10.3. The van der Waals surface area contributed by atoms with Crippen molar-refractivity contribution in [2.45, 2.75) is 78.9 Å². The first-order chi connectivity index (χ1) is 18.8. The predicted molar refractivity (Wildman–Crippen MR) is 154 cm³/mol. The molecular formula is C31H42F3NO4S. The molecule has 0 radical (unpaired) electrons. The second-order valence-electron chi connectivity index (χ2n) is 10.5. The van der Waals surface area contributed by atoms with Crippen LogP contribution in [-0.2, 0) is 33.0 Å². The highest BCUT2D eigenvalue weighted by molar-refractivity contribution is 7.84. The average Bonchev–Trinajstić information content (AvgIpc) is 2.90. The third kappa shape index (κ3) is 9.75. The molecule has 1 aliphatic heterocycles. The number of rotatable bonds is 10. The first kappa shape index (κ1) is 33.5. The summed E-state index contributed by atoms with van der Waals surface area (Å²) in [5.41, 5.74) is 1.46. The van der Waals surface area contributed by atoms with E-state index in [-0.39, 0.29) is 36.0 Å². The molecule has 5 nitrogen and oxygen atoms in total. The summed E-state index contributed by atoms with van der Waals surface area (Å²) >= 11 is 0. The van der Waals surface area contributed by atoms with E-state index < -0.39 is 22.5 Å². The Hall–Kier alpha value is -2.68. The maximum atomic E-state index is 13.1. The van der Waals surface area contributed by atoms with E-state index in [2.05, 4.69) is 13.8 Å². The molecular weight excluding hydrogens is 539 g/mol. The summed E-state index contributed by atoms with van der Waals surface area (Å²) in [5.74, 6) is 1.94. The van der Waals surface area contributed by atoms with Crippen molar-refractivity contribution < 1.29 is 31.7 Å². The molecule has 3 rings (SSSR count). The minimum absolute atomic E-state index is 0.00876. The molecule has 3 unspecified atom stereocenters. The zero-order valence-corrected chi connectivity index (χ0v) is 25.2. The Morgan fingerprint density at radius 1 is 1.07 bits per heavy atom. The molecule has 3 atom stereocenters. The normalized spacial score (nSPS) is 16.4. The fourth-order valence-electron chi connectivity index (χ4n) is 4.65. The van der Waals surface area contributed by atoms with Gasteiger partial charge < -0.3 is 9.64 Å². The first-order valence-electron chi connectivity index (χ1n) is 13.9. The van der Waals surface area contributed by atoms with E-state index >= 15 is 0 Å². The van der Waals surface area contributed by atoms with E-state index in [9.17, 15) is 27.0 Å². The molecule has 0 fully saturated rings. The van der Waals surface area contributed by atoms with Crippen LogP contribution in [0.15, 0.2) is 42.5 Å². The molecule has 1 amide bonds. The molecule has 0 bridgehead atoms. The summed E-state index contributed by atoms with van der Waals surface area (Å²) in [4.78, 5) is 25.2. The monoisotopic (exact) mass is 581 g/mol. The highest BCUT2D eigenvalue weighted by atomic mass is 32.2. The molecule has 1 aliphatic rings. The summed E-state index contributed by atoms with van der Waals surface area (Å²) in [6.45, 7) is 10.3. The van der Waals surface area contributed by atoms with E-state index in [4.69, 9.17) is 4.74 Å². The molecule has 9 heteroatoms. The fourth-order valence-corrected chi connectivity index (χ4v) is 5.12. The van der Waals surface area contributed by atoms with Gasteiger partial charge >= 0.3 is 6.18 Å². The Morgan fingerprint density at radius 3 is 2.17 bits per heavy atom. The number of nitrogens with zero attached hydrogens (tertiary/aromatic N) is 1. The maximum absolute atomic E-state index is 13.1. The van der Waals surface area contributed by atoms with Crippen LogP contribution in [0.1, 0.15) is 83.0 Å². The van der Waals surface area contributed by atoms with Crippen molar-refractivity contribution in [3.8, 4) is 11.5 Å². The van der Waals surface area contributed by atoms with Gasteiger partial charge in [0.05, 0.1) is 11.6 Å². The van der Waals surface area contributed by atoms with Crippen LogP contribution < -0.4 is 4.74 Å². The topological polar surface area (TPSA) is 63.7 Å². The molecule has 1 heterocycles. The van der Waals surface area contributed by atoms with E-state index in [0.717, 1.165) is 48.9 Å². The third-order valence-electron chi connectivity index (χ3n) is 7.18. The van der Waals surface area contributed by atoms with Crippen molar-refractivity contribution >= 4 is 22.5 Å². The van der Waals surface area contributed by atoms with Crippen LogP contribution in [0.25, 0.3) is 0 Å². The Labute approximate surface area is 238 Å². The number of carbonyl (C=O) groups is 2. The van der Waals surface area contributed by atoms with Gasteiger partial charge in [0.15, 0.2) is 0 Å². The average molecular weight is 582 g/mol. The smallest absolute Gasteiger partial charge is 0.416 e. The predicted octanol–water partition coefficient (Wildman–Crippen LogP) is 7.75. The molecule has 0 spiro atoms. The van der Waals surface area contributed by atoms with E-state index in [0.29, 0.717) is 23.8 Å². The SMILES string of the molecule is CC(=O)C(C)C.CCCC(CC)C1c2cc(Oc3ccc(C(F)(F)F)cc3)ccc2CCN1C(=O)CCS(C)=O. The summed E-state index contributed by atoms with van der Waals surface area (Å²) < 4.78 is 56.0. The Balaban J connectivity index is 0.000000840. The Kier molecular flexibility index (Phi) is 12.9. The number of halogens is 3. The van der Waals surface area contributed by atoms with Gasteiger partial charge in [0.2, 0.25) is 5.91 Å². The number of ketones is 1. The highest BCUT2D eigenvalue weighted by Gasteiger charge is 2.35. The second-order valence-corrected chi connectivity index (χ2v) is 12.1. The van der Waals surface area contributed by atoms with Crippen molar-refractivity contribution in [2.75, 3.05) is 18.6 Å². The van der Waals surface area contributed by atoms with Crippen molar-refractivity contribution in [1.29, 1.82) is 0 Å². The first-order valence-corrected chi connectivity index (χ1v) is 15.6. The van der Waals surface area contributed by atoms with Gasteiger partial charge in [-0.25, -0.2) is 0 Å². The zero-order chi connectivity index (χ0) is 30.0. The quantitative estimate of drug-likeness (QED) is 0.288. The van der Waals surface area contributed by atoms with Crippen LogP contribution in [0.4, 0.5) is 13.2 Å². The van der Waals surface area contributed by atoms with E-state index in [1.54, 1.807) is 13.2 Å². The number of ether oxygens (including phenoxy) is 1. The summed E-state index contributed by atoms with van der Waals surface area (Å²) in [6.07, 6.45) is 1.04. The minimum Gasteiger partial charge on any atom is -0.457 e. The summed E-state index contributed by atoms with van der Waals surface area (Å²) in [7, 11) is -1.03. The zero-order valence-electron chi connectivity index (χ0n) is 24.3. The van der Waals surface area contributed by atoms with Crippen LogP contribution in [0.5, 0.6) is 11.5 Å². The van der Waals surface area contributed by atoms with Gasteiger partial charge in [0.25, 0.3) is 0 Å². The molecule has 0 saturated heterocycles. The number of hydrogen-bond donors (Lipinski definition) is 0. The second kappa shape index (κ2) is 15.4. The lowest BCUT2D eigenvalue weighted by Gasteiger charge is -2.42. The Bertz CT molecular complexity index is 1150. The van der Waals surface area contributed by atoms with Gasteiger partial charge in [0.1, 0.15) is 17.3 Å². The summed E-state index contributed by atoms with van der Waals surface area (Å²) in [5, 5.41) is 0. The van der Waals surface area contributed by atoms with Crippen LogP contribution in [0.2, 0.25) is 0 Å². The molecule has 0 aromatic heterocycles. The van der Waals surface area contributed by atoms with E-state index in [1.807, 2.05) is 36.9 Å². The highest BCUT2D eigenvalue weighted by Crippen LogP contribution is 2.41. The number of benzene rings is 2. The van der Waals surface area contributed by atoms with Gasteiger partial charge in [-0.3, -0.25) is 13.8 Å². The number of Topliss-reactive ketones (excluding diaryl/α,β-unsaturated/α-hetero) is 1. The van der Waals surface area contributed by atoms with Crippen LogP contribution in [-0.4, -0.2) is 39.4 Å². The molecule has 0 N–H and O–H groups in total. The lowest BCUT2D eigenvalue weighted by atomic mass is 9.81. The fraction of sp³-hybridized carbons (Fsp3) is 0.548. The van der Waals surface area contributed by atoms with Crippen molar-refractivity contribution in [3.05, 3.63) is 59.2 Å². The van der Waals surface area contributed by atoms with Gasteiger partial charge in [-0.1, -0.05) is 46.6 Å². The number of alkyl halides is 3. The molecule has 222 valence electrons. The lowest BCUT2D eigenvalue weighted by molar-refractivity contribution is -0.137. The van der Waals surface area contributed by atoms with Crippen LogP contribution in [0, 0.1) is 11.8 Å². The standard InChI is InChI=1S/C26H32F3NO3S.C5H10O/c1-4-6-18(5-2)25-23-17-22(33-21-11-8-20(9-12-21)26(27,28)29)10-7-19(23)13-15-30(25)24(31)14-16-34(3)32;1-4(2)5(3)6/h7-12,17-18,25H,4-6,13-16H2,1-3H3;4H,1-3H3. The lowest BCUT2D eigenvalue weighted by Crippen LogP contribution is -2.43. The number of carbonyl (C=O) groups excluding carboxylic acids is 2. The van der Waals surface area contributed by atoms with Crippen molar-refractivity contribution in [1.82, 2.24) is 4.90 Å². The number of fused-ring (bicyclic) bond motifs is 1.